The molecule has 1 aliphatic heterocycles. The monoisotopic (exact) mass is 293 g/mol. The standard InChI is InChI=1S/C14H12ClNO2S/c1-8(12-11(15)6-7-19-12)16-13(17)9-4-2-3-5-10(9)14(16)18/h2-8,13,17H,1H3. The summed E-state index contributed by atoms with van der Waals surface area (Å²) in [4.78, 5) is 14.7. The fraction of sp³-hybridized carbons (Fsp3) is 0.214. The van der Waals surface area contributed by atoms with Crippen LogP contribution >= 0.6 is 22.9 Å². The van der Waals surface area contributed by atoms with Gasteiger partial charge in [-0.1, -0.05) is 29.8 Å². The first-order valence-electron chi connectivity index (χ1n) is 5.94. The number of carbonyl (C=O) groups is 1. The Labute approximate surface area is 120 Å². The van der Waals surface area contributed by atoms with Gasteiger partial charge < -0.3 is 10.0 Å². The molecule has 3 rings (SSSR count). The van der Waals surface area contributed by atoms with E-state index in [2.05, 4.69) is 0 Å². The maximum Gasteiger partial charge on any atom is 0.257 e. The molecule has 1 aromatic heterocycles. The summed E-state index contributed by atoms with van der Waals surface area (Å²) in [6.45, 7) is 1.88. The summed E-state index contributed by atoms with van der Waals surface area (Å²) in [6.07, 6.45) is -0.906. The summed E-state index contributed by atoms with van der Waals surface area (Å²) in [7, 11) is 0. The van der Waals surface area contributed by atoms with Crippen LogP contribution in [-0.2, 0) is 0 Å². The smallest absolute Gasteiger partial charge is 0.257 e. The number of nitrogens with zero attached hydrogens (tertiary/aromatic N) is 1. The second-order valence-corrected chi connectivity index (χ2v) is 5.84. The van der Waals surface area contributed by atoms with Crippen molar-refractivity contribution in [3.8, 4) is 0 Å². The zero-order chi connectivity index (χ0) is 13.6. The fourth-order valence-electron chi connectivity index (χ4n) is 2.43. The minimum Gasteiger partial charge on any atom is -0.369 e. The van der Waals surface area contributed by atoms with Crippen molar-refractivity contribution < 1.29 is 9.90 Å². The zero-order valence-electron chi connectivity index (χ0n) is 10.2. The highest BCUT2D eigenvalue weighted by molar-refractivity contribution is 7.10. The maximum atomic E-state index is 12.4. The van der Waals surface area contributed by atoms with E-state index in [1.54, 1.807) is 24.3 Å². The molecule has 1 aliphatic rings. The van der Waals surface area contributed by atoms with Gasteiger partial charge in [0.05, 0.1) is 11.1 Å². The number of amides is 1. The van der Waals surface area contributed by atoms with Crippen LogP contribution in [0.2, 0.25) is 5.02 Å². The van der Waals surface area contributed by atoms with Gasteiger partial charge >= 0.3 is 0 Å². The molecular weight excluding hydrogens is 282 g/mol. The van der Waals surface area contributed by atoms with E-state index < -0.39 is 6.23 Å². The van der Waals surface area contributed by atoms with E-state index in [4.69, 9.17) is 11.6 Å². The number of hydrogen-bond donors (Lipinski definition) is 1. The second-order valence-electron chi connectivity index (χ2n) is 4.48. The van der Waals surface area contributed by atoms with Crippen molar-refractivity contribution in [2.45, 2.75) is 19.2 Å². The lowest BCUT2D eigenvalue weighted by atomic mass is 10.1. The van der Waals surface area contributed by atoms with Gasteiger partial charge in [-0.2, -0.15) is 0 Å². The van der Waals surface area contributed by atoms with Crippen molar-refractivity contribution in [2.24, 2.45) is 0 Å². The lowest BCUT2D eigenvalue weighted by Gasteiger charge is -2.27. The van der Waals surface area contributed by atoms with Gasteiger partial charge in [-0.25, -0.2) is 0 Å². The van der Waals surface area contributed by atoms with Crippen LogP contribution in [0.25, 0.3) is 0 Å². The third kappa shape index (κ3) is 1.87. The number of rotatable bonds is 2. The molecule has 2 aromatic rings. The number of carbonyl (C=O) groups excluding carboxylic acids is 1. The van der Waals surface area contributed by atoms with Gasteiger partial charge in [-0.3, -0.25) is 4.79 Å². The molecule has 0 saturated heterocycles. The van der Waals surface area contributed by atoms with Crippen molar-refractivity contribution in [1.82, 2.24) is 4.90 Å². The SMILES string of the molecule is CC(c1sccc1Cl)N1C(=O)c2ccccc2C1O. The number of aliphatic hydroxyl groups is 1. The molecule has 0 bridgehead atoms. The first-order chi connectivity index (χ1) is 9.11. The summed E-state index contributed by atoms with van der Waals surface area (Å²) in [5.41, 5.74) is 1.22. The molecule has 0 spiro atoms. The van der Waals surface area contributed by atoms with E-state index in [1.807, 2.05) is 18.4 Å². The van der Waals surface area contributed by atoms with Crippen LogP contribution in [0.3, 0.4) is 0 Å². The molecule has 0 radical (unpaired) electrons. The summed E-state index contributed by atoms with van der Waals surface area (Å²) in [5, 5.41) is 12.9. The van der Waals surface area contributed by atoms with Gasteiger partial charge in [-0.15, -0.1) is 11.3 Å². The molecule has 1 amide bonds. The number of benzene rings is 1. The van der Waals surface area contributed by atoms with Crippen LogP contribution < -0.4 is 0 Å². The largest absolute Gasteiger partial charge is 0.369 e. The third-order valence-electron chi connectivity index (χ3n) is 3.41. The molecule has 2 unspecified atom stereocenters. The predicted octanol–water partition coefficient (Wildman–Crippen LogP) is 3.61. The van der Waals surface area contributed by atoms with Gasteiger partial charge in [0, 0.05) is 16.0 Å². The van der Waals surface area contributed by atoms with Gasteiger partial charge in [-0.05, 0) is 24.4 Å². The minimum atomic E-state index is -0.906. The molecule has 2 atom stereocenters. The Hall–Kier alpha value is -1.36. The molecule has 98 valence electrons. The quantitative estimate of drug-likeness (QED) is 0.919. The van der Waals surface area contributed by atoms with E-state index in [0.717, 1.165) is 4.88 Å². The lowest BCUT2D eigenvalue weighted by Crippen LogP contribution is -2.30. The van der Waals surface area contributed by atoms with Crippen LogP contribution in [0.15, 0.2) is 35.7 Å². The van der Waals surface area contributed by atoms with Crippen LogP contribution in [0, 0.1) is 0 Å². The molecule has 5 heteroatoms. The Kier molecular flexibility index (Phi) is 3.09. The molecule has 3 nitrogen and oxygen atoms in total. The highest BCUT2D eigenvalue weighted by atomic mass is 35.5. The highest BCUT2D eigenvalue weighted by Crippen LogP contribution is 2.41. The second kappa shape index (κ2) is 4.63. The van der Waals surface area contributed by atoms with E-state index in [9.17, 15) is 9.90 Å². The number of halogens is 1. The average molecular weight is 294 g/mol. The normalized spacial score (nSPS) is 19.6. The van der Waals surface area contributed by atoms with Crippen LogP contribution in [-0.4, -0.2) is 15.9 Å². The molecular formula is C14H12ClNO2S. The van der Waals surface area contributed by atoms with Crippen molar-refractivity contribution in [2.75, 3.05) is 0 Å². The Morgan fingerprint density at radius 2 is 2.11 bits per heavy atom. The summed E-state index contributed by atoms with van der Waals surface area (Å²) in [6, 6.07) is 8.70. The van der Waals surface area contributed by atoms with E-state index in [0.29, 0.717) is 16.1 Å². The minimum absolute atomic E-state index is 0.153. The van der Waals surface area contributed by atoms with Crippen molar-refractivity contribution in [1.29, 1.82) is 0 Å². The lowest BCUT2D eigenvalue weighted by molar-refractivity contribution is 0.000360. The number of thiophene rings is 1. The molecule has 1 aromatic carbocycles. The Morgan fingerprint density at radius 1 is 1.37 bits per heavy atom. The molecule has 19 heavy (non-hydrogen) atoms. The van der Waals surface area contributed by atoms with Crippen LogP contribution in [0.4, 0.5) is 0 Å². The number of aliphatic hydroxyl groups excluding tert-OH is 1. The molecule has 0 saturated carbocycles. The maximum absolute atomic E-state index is 12.4. The Balaban J connectivity index is 2.00. The number of fused-ring (bicyclic) bond motifs is 1. The Bertz CT molecular complexity index is 640. The first-order valence-corrected chi connectivity index (χ1v) is 7.19. The van der Waals surface area contributed by atoms with Crippen molar-refractivity contribution in [3.05, 3.63) is 56.7 Å². The molecule has 0 fully saturated rings. The van der Waals surface area contributed by atoms with E-state index in [-0.39, 0.29) is 11.9 Å². The Morgan fingerprint density at radius 3 is 2.74 bits per heavy atom. The fourth-order valence-corrected chi connectivity index (χ4v) is 3.71. The summed E-state index contributed by atoms with van der Waals surface area (Å²) < 4.78 is 0. The van der Waals surface area contributed by atoms with Crippen molar-refractivity contribution >= 4 is 28.8 Å². The van der Waals surface area contributed by atoms with Crippen LogP contribution in [0.5, 0.6) is 0 Å². The first kappa shape index (κ1) is 12.7. The van der Waals surface area contributed by atoms with Gasteiger partial charge in [0.15, 0.2) is 6.23 Å². The topological polar surface area (TPSA) is 40.5 Å². The zero-order valence-corrected chi connectivity index (χ0v) is 11.8. The molecule has 2 heterocycles. The predicted molar refractivity (Wildman–Crippen MR) is 75.3 cm³/mol. The molecule has 1 N–H and O–H groups in total. The van der Waals surface area contributed by atoms with Crippen LogP contribution in [0.1, 0.15) is 40.0 Å². The van der Waals surface area contributed by atoms with E-state index >= 15 is 0 Å². The van der Waals surface area contributed by atoms with Gasteiger partial charge in [0.2, 0.25) is 0 Å². The van der Waals surface area contributed by atoms with Gasteiger partial charge in [0.1, 0.15) is 0 Å². The third-order valence-corrected chi connectivity index (χ3v) is 4.94. The highest BCUT2D eigenvalue weighted by Gasteiger charge is 2.39. The summed E-state index contributed by atoms with van der Waals surface area (Å²) >= 11 is 7.60. The average Bonchev–Trinajstić information content (AvgIpc) is 2.94. The molecule has 0 aliphatic carbocycles. The summed E-state index contributed by atoms with van der Waals surface area (Å²) in [5.74, 6) is -0.153. The van der Waals surface area contributed by atoms with Crippen molar-refractivity contribution in [3.63, 3.8) is 0 Å². The number of hydrogen-bond acceptors (Lipinski definition) is 3. The van der Waals surface area contributed by atoms with Gasteiger partial charge in [0.25, 0.3) is 5.91 Å². The van der Waals surface area contributed by atoms with E-state index in [1.165, 1.54) is 16.2 Å².